The number of aliphatic imine (C=N–C) groups is 1. The van der Waals surface area contributed by atoms with E-state index in [-0.39, 0.29) is 5.88 Å². The quantitative estimate of drug-likeness (QED) is 0.818. The Labute approximate surface area is 153 Å². The smallest absolute Gasteiger partial charge is 0.391 e. The maximum absolute atomic E-state index is 12.0. The second-order valence-corrected chi connectivity index (χ2v) is 6.70. The number of amidine groups is 1. The molecule has 7 nitrogen and oxygen atoms in total. The van der Waals surface area contributed by atoms with Crippen molar-refractivity contribution in [3.05, 3.63) is 52.6 Å². The zero-order valence-electron chi connectivity index (χ0n) is 13.5. The van der Waals surface area contributed by atoms with Crippen LogP contribution in [0.1, 0.15) is 12.5 Å². The topological polar surface area (TPSA) is 98.8 Å². The van der Waals surface area contributed by atoms with Crippen LogP contribution in [-0.4, -0.2) is 30.1 Å². The number of amides is 1. The van der Waals surface area contributed by atoms with Crippen molar-refractivity contribution < 1.29 is 14.3 Å². The van der Waals surface area contributed by atoms with Crippen molar-refractivity contribution in [2.45, 2.75) is 12.5 Å². The van der Waals surface area contributed by atoms with Gasteiger partial charge in [-0.05, 0) is 46.6 Å². The minimum Gasteiger partial charge on any atom is -0.391 e. The van der Waals surface area contributed by atoms with Gasteiger partial charge in [-0.2, -0.15) is 0 Å². The number of aromatic nitrogens is 1. The van der Waals surface area contributed by atoms with E-state index >= 15 is 0 Å². The van der Waals surface area contributed by atoms with Gasteiger partial charge in [0.05, 0.1) is 6.61 Å². The molecule has 130 valence electrons. The molecule has 1 aliphatic rings. The van der Waals surface area contributed by atoms with Gasteiger partial charge in [-0.3, -0.25) is 10.3 Å². The molecule has 0 bridgehead atoms. The Bertz CT molecular complexity index is 810. The summed E-state index contributed by atoms with van der Waals surface area (Å²) < 4.78 is 11.4. The Morgan fingerprint density at radius 3 is 2.96 bits per heavy atom. The molecule has 1 aliphatic heterocycles. The van der Waals surface area contributed by atoms with E-state index in [2.05, 4.69) is 31.2 Å². The number of hydrogen-bond donors (Lipinski definition) is 2. The van der Waals surface area contributed by atoms with Crippen molar-refractivity contribution in [2.24, 2.45) is 10.7 Å². The summed E-state index contributed by atoms with van der Waals surface area (Å²) in [7, 11) is 0. The number of carbonyl (C=O) groups excluding carboxylic acids is 1. The molecule has 0 saturated carbocycles. The average Bonchev–Trinajstić information content (AvgIpc) is 2.57. The molecule has 2 heterocycles. The summed E-state index contributed by atoms with van der Waals surface area (Å²) in [5.74, 6) is 0.662. The molecular formula is C17H17BrN4O3. The number of benzene rings is 1. The molecule has 1 amide bonds. The van der Waals surface area contributed by atoms with Crippen LogP contribution in [0.15, 0.2) is 52.1 Å². The fourth-order valence-electron chi connectivity index (χ4n) is 2.48. The lowest BCUT2D eigenvalue weighted by molar-refractivity contribution is 0.106. The number of ether oxygens (including phenoxy) is 2. The van der Waals surface area contributed by atoms with Gasteiger partial charge < -0.3 is 15.2 Å². The van der Waals surface area contributed by atoms with Gasteiger partial charge in [0.1, 0.15) is 18.0 Å². The molecule has 8 heteroatoms. The molecule has 0 saturated heterocycles. The van der Waals surface area contributed by atoms with Crippen molar-refractivity contribution in [3.63, 3.8) is 0 Å². The number of carbonyl (C=O) groups is 1. The first-order chi connectivity index (χ1) is 11.9. The number of nitrogens with zero attached hydrogens (tertiary/aromatic N) is 2. The van der Waals surface area contributed by atoms with Crippen LogP contribution in [0.2, 0.25) is 0 Å². The van der Waals surface area contributed by atoms with Gasteiger partial charge in [-0.25, -0.2) is 9.78 Å². The first kappa shape index (κ1) is 17.4. The monoisotopic (exact) mass is 404 g/mol. The van der Waals surface area contributed by atoms with Crippen molar-refractivity contribution in [2.75, 3.05) is 18.5 Å². The first-order valence-corrected chi connectivity index (χ1v) is 8.37. The highest BCUT2D eigenvalue weighted by Crippen LogP contribution is 2.30. The molecular weight excluding hydrogens is 388 g/mol. The summed E-state index contributed by atoms with van der Waals surface area (Å²) in [5.41, 5.74) is 6.67. The molecule has 0 unspecified atom stereocenters. The largest absolute Gasteiger partial charge is 0.418 e. The first-order valence-electron chi connectivity index (χ1n) is 7.57. The van der Waals surface area contributed by atoms with E-state index in [0.29, 0.717) is 24.7 Å². The minimum absolute atomic E-state index is 0.210. The van der Waals surface area contributed by atoms with Crippen molar-refractivity contribution in [1.82, 2.24) is 4.98 Å². The van der Waals surface area contributed by atoms with Crippen LogP contribution in [0.5, 0.6) is 5.88 Å². The summed E-state index contributed by atoms with van der Waals surface area (Å²) >= 11 is 3.27. The number of halogens is 1. The Morgan fingerprint density at radius 1 is 1.40 bits per heavy atom. The summed E-state index contributed by atoms with van der Waals surface area (Å²) in [6.45, 7) is 2.69. The maximum atomic E-state index is 12.0. The third-order valence-electron chi connectivity index (χ3n) is 3.65. The second-order valence-electron chi connectivity index (χ2n) is 5.78. The molecule has 3 N–H and O–H groups in total. The van der Waals surface area contributed by atoms with Gasteiger partial charge in [0.25, 0.3) is 0 Å². The third-order valence-corrected chi connectivity index (χ3v) is 4.12. The minimum atomic E-state index is -0.625. The standard InChI is InChI=1S/C17H17BrN4O3/c1-17(10-24-9-14(19)22-17)11-3-2-4-13(7-11)21-16(23)25-15-6-5-12(18)8-20-15/h2-8H,9-10H2,1H3,(H2,19,22)(H,21,23)/t17-/m1/s1. The zero-order chi connectivity index (χ0) is 17.9. The Balaban J connectivity index is 1.72. The summed E-state index contributed by atoms with van der Waals surface area (Å²) in [6, 6.07) is 10.7. The van der Waals surface area contributed by atoms with Crippen LogP contribution in [-0.2, 0) is 10.3 Å². The van der Waals surface area contributed by atoms with E-state index in [1.807, 2.05) is 25.1 Å². The van der Waals surface area contributed by atoms with E-state index in [4.69, 9.17) is 15.2 Å². The van der Waals surface area contributed by atoms with E-state index < -0.39 is 11.6 Å². The molecule has 0 aliphatic carbocycles. The SMILES string of the molecule is C[C@]1(c2cccc(NC(=O)Oc3ccc(Br)cn3)c2)COCC(N)=N1. The molecule has 0 radical (unpaired) electrons. The number of rotatable bonds is 3. The van der Waals surface area contributed by atoms with E-state index in [1.165, 1.54) is 0 Å². The molecule has 1 aromatic heterocycles. The van der Waals surface area contributed by atoms with Crippen LogP contribution in [0, 0.1) is 0 Å². The molecule has 1 atom stereocenters. The maximum Gasteiger partial charge on any atom is 0.418 e. The number of nitrogens with one attached hydrogen (secondary N) is 1. The van der Waals surface area contributed by atoms with Crippen LogP contribution in [0.3, 0.4) is 0 Å². The summed E-state index contributed by atoms with van der Waals surface area (Å²) in [5, 5.41) is 2.68. The van der Waals surface area contributed by atoms with Gasteiger partial charge >= 0.3 is 6.09 Å². The molecule has 3 rings (SSSR count). The van der Waals surface area contributed by atoms with Gasteiger partial charge in [-0.15, -0.1) is 0 Å². The normalized spacial score (nSPS) is 19.8. The van der Waals surface area contributed by atoms with Gasteiger partial charge in [-0.1, -0.05) is 12.1 Å². The van der Waals surface area contributed by atoms with Crippen LogP contribution >= 0.6 is 15.9 Å². The molecule has 0 spiro atoms. The highest BCUT2D eigenvalue weighted by molar-refractivity contribution is 9.10. The molecule has 1 aromatic carbocycles. The Hall–Kier alpha value is -2.45. The molecule has 2 aromatic rings. The van der Waals surface area contributed by atoms with E-state index in [9.17, 15) is 4.79 Å². The lowest BCUT2D eigenvalue weighted by atomic mass is 9.92. The molecule has 25 heavy (non-hydrogen) atoms. The predicted octanol–water partition coefficient (Wildman–Crippen LogP) is 3.06. The van der Waals surface area contributed by atoms with E-state index in [1.54, 1.807) is 24.4 Å². The van der Waals surface area contributed by atoms with E-state index in [0.717, 1.165) is 10.0 Å². The lowest BCUT2D eigenvalue weighted by Crippen LogP contribution is -2.37. The van der Waals surface area contributed by atoms with Gasteiger partial charge in [0.2, 0.25) is 5.88 Å². The third kappa shape index (κ3) is 4.34. The van der Waals surface area contributed by atoms with Crippen molar-refractivity contribution in [3.8, 4) is 5.88 Å². The number of anilines is 1. The predicted molar refractivity (Wildman–Crippen MR) is 97.8 cm³/mol. The number of nitrogens with two attached hydrogens (primary N) is 1. The van der Waals surface area contributed by atoms with Crippen molar-refractivity contribution in [1.29, 1.82) is 0 Å². The fraction of sp³-hybridized carbons (Fsp3) is 0.235. The molecule has 0 fully saturated rings. The highest BCUT2D eigenvalue weighted by Gasteiger charge is 2.30. The van der Waals surface area contributed by atoms with Gasteiger partial charge in [0, 0.05) is 22.4 Å². The Morgan fingerprint density at radius 2 is 2.24 bits per heavy atom. The Kier molecular flexibility index (Phi) is 5.00. The van der Waals surface area contributed by atoms with Crippen LogP contribution in [0.25, 0.3) is 0 Å². The zero-order valence-corrected chi connectivity index (χ0v) is 15.1. The average molecular weight is 405 g/mol. The highest BCUT2D eigenvalue weighted by atomic mass is 79.9. The fourth-order valence-corrected chi connectivity index (χ4v) is 2.71. The number of hydrogen-bond acceptors (Lipinski definition) is 6. The second kappa shape index (κ2) is 7.20. The van der Waals surface area contributed by atoms with Crippen LogP contribution in [0.4, 0.5) is 10.5 Å². The summed E-state index contributed by atoms with van der Waals surface area (Å²) in [6.07, 6.45) is 0.926. The van der Waals surface area contributed by atoms with Crippen molar-refractivity contribution >= 4 is 33.5 Å². The number of pyridine rings is 1. The van der Waals surface area contributed by atoms with Crippen LogP contribution < -0.4 is 15.8 Å². The van der Waals surface area contributed by atoms with Gasteiger partial charge in [0.15, 0.2) is 0 Å². The lowest BCUT2D eigenvalue weighted by Gasteiger charge is -2.30. The summed E-state index contributed by atoms with van der Waals surface area (Å²) in [4.78, 5) is 20.5.